The first-order valence-electron chi connectivity index (χ1n) is 21.9. The standard InChI is InChI=1S/C49H54N4O11Si/c1-30-47(65(5,6)38-18-16-37(61-4)17-19-38)41(25-42(57)50(21-22-54)28-33-11-8-7-9-12-33)64-49(30)39-24-36(53-44(59)27-46(53)63-32(3)56)15-20-40(39)51(48(49)60)29-34-13-10-14-35(23-34)52-43(58)26-45(52)62-31(2)55/h7-20,23-24,30,41,45-47,54H,21-22,25-29H2,1-6H3/t30-,41+,45?,46?,47-,49+/m1/s1. The molecule has 8 rings (SSSR count). The zero-order valence-electron chi connectivity index (χ0n) is 37.4. The van der Waals surface area contributed by atoms with Crippen LogP contribution < -0.4 is 24.6 Å². The average molecular weight is 903 g/mol. The highest BCUT2D eigenvalue weighted by Gasteiger charge is 2.67. The molecule has 6 atom stereocenters. The second-order valence-electron chi connectivity index (χ2n) is 17.7. The molecule has 1 N–H and O–H groups in total. The van der Waals surface area contributed by atoms with Crippen molar-refractivity contribution in [3.63, 3.8) is 0 Å². The number of benzene rings is 4. The number of nitrogens with zero attached hydrogens (tertiary/aromatic N) is 4. The number of fused-ring (bicyclic) bond motifs is 2. The SMILES string of the molecule is COc1ccc([Si](C)(C)[C@H]2[C@H](CC(=O)N(CCO)Cc3ccccc3)O[C@@]3(C(=O)N(Cc4cccc(N5C(=O)CC5OC(C)=O)c4)c4ccc(N5C(=O)CC5OC(C)=O)cc43)[C@@H]2C)cc1. The van der Waals surface area contributed by atoms with Crippen LogP contribution in [-0.2, 0) is 61.7 Å². The molecule has 15 nitrogen and oxygen atoms in total. The first-order chi connectivity index (χ1) is 31.1. The molecule has 4 aromatic rings. The molecule has 4 aliphatic heterocycles. The van der Waals surface area contributed by atoms with Gasteiger partial charge in [-0.25, -0.2) is 0 Å². The maximum absolute atomic E-state index is 15.8. The molecule has 2 unspecified atom stereocenters. The van der Waals surface area contributed by atoms with Gasteiger partial charge in [0.15, 0.2) is 18.1 Å². The van der Waals surface area contributed by atoms with E-state index >= 15 is 4.79 Å². The molecule has 4 aromatic carbocycles. The molecular weight excluding hydrogens is 849 g/mol. The molecule has 0 saturated carbocycles. The lowest BCUT2D eigenvalue weighted by atomic mass is 9.82. The summed E-state index contributed by atoms with van der Waals surface area (Å²) in [5, 5.41) is 11.2. The van der Waals surface area contributed by atoms with Crippen LogP contribution >= 0.6 is 0 Å². The molecule has 3 saturated heterocycles. The zero-order chi connectivity index (χ0) is 46.4. The van der Waals surface area contributed by atoms with E-state index in [1.807, 2.05) is 67.6 Å². The van der Waals surface area contributed by atoms with Gasteiger partial charge >= 0.3 is 11.9 Å². The molecule has 1 spiro atoms. The van der Waals surface area contributed by atoms with Crippen LogP contribution in [0.1, 0.15) is 56.7 Å². The number of hydrogen-bond acceptors (Lipinski definition) is 11. The Kier molecular flexibility index (Phi) is 12.4. The summed E-state index contributed by atoms with van der Waals surface area (Å²) in [5.74, 6) is -1.94. The summed E-state index contributed by atoms with van der Waals surface area (Å²) >= 11 is 0. The molecule has 0 aromatic heterocycles. The van der Waals surface area contributed by atoms with Gasteiger partial charge in [-0.05, 0) is 59.1 Å². The minimum atomic E-state index is -2.72. The summed E-state index contributed by atoms with van der Waals surface area (Å²) in [4.78, 5) is 86.3. The number of aliphatic hydroxyl groups is 1. The van der Waals surface area contributed by atoms with Crippen molar-refractivity contribution in [1.82, 2.24) is 4.90 Å². The molecule has 65 heavy (non-hydrogen) atoms. The largest absolute Gasteiger partial charge is 0.497 e. The lowest BCUT2D eigenvalue weighted by Crippen LogP contribution is -2.55. The molecule has 3 fully saturated rings. The number of carbonyl (C=O) groups excluding carboxylic acids is 6. The van der Waals surface area contributed by atoms with Crippen LogP contribution in [0.2, 0.25) is 18.6 Å². The van der Waals surface area contributed by atoms with Crippen LogP contribution in [0.3, 0.4) is 0 Å². The van der Waals surface area contributed by atoms with E-state index in [-0.39, 0.29) is 74.7 Å². The molecule has 4 heterocycles. The van der Waals surface area contributed by atoms with Crippen molar-refractivity contribution in [3.05, 3.63) is 114 Å². The lowest BCUT2D eigenvalue weighted by molar-refractivity contribution is -0.155. The normalized spacial score (nSPS) is 23.5. The van der Waals surface area contributed by atoms with Gasteiger partial charge in [-0.3, -0.25) is 38.6 Å². The van der Waals surface area contributed by atoms with Gasteiger partial charge in [-0.2, -0.15) is 0 Å². The highest BCUT2D eigenvalue weighted by atomic mass is 28.3. The summed E-state index contributed by atoms with van der Waals surface area (Å²) in [6.45, 7) is 9.19. The van der Waals surface area contributed by atoms with Crippen molar-refractivity contribution in [1.29, 1.82) is 0 Å². The number of carbonyl (C=O) groups is 6. The first kappa shape index (κ1) is 45.2. The number of anilines is 3. The van der Waals surface area contributed by atoms with E-state index in [2.05, 4.69) is 13.1 Å². The van der Waals surface area contributed by atoms with Crippen LogP contribution in [0.5, 0.6) is 5.75 Å². The van der Waals surface area contributed by atoms with Crippen molar-refractivity contribution in [2.45, 2.75) is 95.9 Å². The summed E-state index contributed by atoms with van der Waals surface area (Å²) in [6.07, 6.45) is -2.34. The molecule has 16 heteroatoms. The fraction of sp³-hybridized carbons (Fsp3) is 0.388. The molecule has 4 amide bonds. The van der Waals surface area contributed by atoms with Crippen molar-refractivity contribution in [2.24, 2.45) is 5.92 Å². The minimum absolute atomic E-state index is 0.00910. The Labute approximate surface area is 378 Å². The number of amides is 4. The van der Waals surface area contributed by atoms with Gasteiger partial charge in [0, 0.05) is 49.8 Å². The number of aliphatic hydroxyl groups excluding tert-OH is 1. The second kappa shape index (κ2) is 17.9. The molecule has 0 bridgehead atoms. The van der Waals surface area contributed by atoms with Gasteiger partial charge in [0.25, 0.3) is 5.91 Å². The summed E-state index contributed by atoms with van der Waals surface area (Å²) in [7, 11) is -1.12. The van der Waals surface area contributed by atoms with E-state index in [0.29, 0.717) is 33.9 Å². The fourth-order valence-corrected chi connectivity index (χ4v) is 14.3. The van der Waals surface area contributed by atoms with Gasteiger partial charge in [0.2, 0.25) is 17.7 Å². The number of hydrogen-bond donors (Lipinski definition) is 1. The monoisotopic (exact) mass is 902 g/mol. The van der Waals surface area contributed by atoms with E-state index in [1.54, 1.807) is 53.3 Å². The summed E-state index contributed by atoms with van der Waals surface area (Å²) < 4.78 is 23.7. The Morgan fingerprint density at radius 3 is 2.02 bits per heavy atom. The highest BCUT2D eigenvalue weighted by Crippen LogP contribution is 2.61. The molecule has 0 radical (unpaired) electrons. The highest BCUT2D eigenvalue weighted by molar-refractivity contribution is 6.91. The zero-order valence-corrected chi connectivity index (χ0v) is 38.4. The molecule has 0 aliphatic carbocycles. The number of rotatable bonds is 15. The third-order valence-electron chi connectivity index (χ3n) is 13.4. The Morgan fingerprint density at radius 1 is 0.815 bits per heavy atom. The van der Waals surface area contributed by atoms with E-state index in [9.17, 15) is 29.1 Å². The first-order valence-corrected chi connectivity index (χ1v) is 24.9. The maximum Gasteiger partial charge on any atom is 0.304 e. The van der Waals surface area contributed by atoms with E-state index < -0.39 is 50.1 Å². The number of esters is 2. The third-order valence-corrected chi connectivity index (χ3v) is 17.7. The lowest BCUT2D eigenvalue weighted by Gasteiger charge is -2.39. The van der Waals surface area contributed by atoms with Gasteiger partial charge in [0.1, 0.15) is 5.75 Å². The summed E-state index contributed by atoms with van der Waals surface area (Å²) in [6, 6.07) is 29.8. The van der Waals surface area contributed by atoms with Crippen molar-refractivity contribution < 1.29 is 52.8 Å². The smallest absolute Gasteiger partial charge is 0.304 e. The van der Waals surface area contributed by atoms with Crippen molar-refractivity contribution >= 4 is 65.9 Å². The Hall–Kier alpha value is -6.36. The van der Waals surface area contributed by atoms with Gasteiger partial charge in [-0.1, -0.05) is 79.8 Å². The number of ether oxygens (including phenoxy) is 4. The second-order valence-corrected chi connectivity index (χ2v) is 22.4. The summed E-state index contributed by atoms with van der Waals surface area (Å²) in [5.41, 5.74) is 1.58. The Bertz CT molecular complexity index is 2520. The van der Waals surface area contributed by atoms with Crippen LogP contribution in [0.4, 0.5) is 17.1 Å². The van der Waals surface area contributed by atoms with Crippen LogP contribution in [0.25, 0.3) is 0 Å². The quantitative estimate of drug-likeness (QED) is 0.0954. The number of β-lactam (4-membered cyclic amide) rings is 2. The molecule has 4 aliphatic rings. The molecule has 340 valence electrons. The molecular formula is C49H54N4O11Si. The minimum Gasteiger partial charge on any atom is -0.497 e. The third kappa shape index (κ3) is 8.30. The van der Waals surface area contributed by atoms with Gasteiger partial charge < -0.3 is 33.9 Å². The predicted octanol–water partition coefficient (Wildman–Crippen LogP) is 5.12. The van der Waals surface area contributed by atoms with E-state index in [1.165, 1.54) is 23.6 Å². The van der Waals surface area contributed by atoms with Crippen molar-refractivity contribution in [2.75, 3.05) is 35.0 Å². The fourth-order valence-electron chi connectivity index (χ4n) is 10.3. The Balaban J connectivity index is 1.23. The van der Waals surface area contributed by atoms with Gasteiger partial charge in [0.05, 0.1) is 59.4 Å². The predicted molar refractivity (Wildman–Crippen MR) is 243 cm³/mol. The van der Waals surface area contributed by atoms with Crippen LogP contribution in [-0.4, -0.2) is 92.5 Å². The van der Waals surface area contributed by atoms with Gasteiger partial charge in [-0.15, -0.1) is 0 Å². The average Bonchev–Trinajstić information content (AvgIpc) is 3.68. The Morgan fingerprint density at radius 2 is 1.43 bits per heavy atom. The van der Waals surface area contributed by atoms with E-state index in [0.717, 1.165) is 10.8 Å². The maximum atomic E-state index is 15.8. The van der Waals surface area contributed by atoms with Crippen molar-refractivity contribution in [3.8, 4) is 5.75 Å². The number of methoxy groups -OCH3 is 1. The van der Waals surface area contributed by atoms with Crippen LogP contribution in [0.15, 0.2) is 97.1 Å². The van der Waals surface area contributed by atoms with Crippen LogP contribution in [0, 0.1) is 5.92 Å². The topological polar surface area (TPSA) is 173 Å². The van der Waals surface area contributed by atoms with E-state index in [4.69, 9.17) is 18.9 Å².